The number of aliphatic hydroxyl groups is 2. The fraction of sp³-hybridized carbons (Fsp3) is 0.900. The molecule has 0 aromatic rings. The van der Waals surface area contributed by atoms with Crippen molar-refractivity contribution in [3.8, 4) is 0 Å². The molecule has 0 amide bonds. The molecule has 0 aliphatic carbocycles. The van der Waals surface area contributed by atoms with Gasteiger partial charge >= 0.3 is 5.97 Å². The van der Waals surface area contributed by atoms with E-state index >= 15 is 0 Å². The lowest BCUT2D eigenvalue weighted by Crippen LogP contribution is -2.41. The monoisotopic (exact) mass is 358 g/mol. The van der Waals surface area contributed by atoms with Crippen LogP contribution in [0.4, 0.5) is 0 Å². The molecular formula is C20H38O5. The molecule has 0 saturated carbocycles. The maximum absolute atomic E-state index is 12.2. The molecule has 0 aliphatic heterocycles. The second-order valence-electron chi connectivity index (χ2n) is 7.06. The van der Waals surface area contributed by atoms with Gasteiger partial charge in [0.1, 0.15) is 12.0 Å². The summed E-state index contributed by atoms with van der Waals surface area (Å²) in [6, 6.07) is 0. The summed E-state index contributed by atoms with van der Waals surface area (Å²) in [5, 5.41) is 29.3. The summed E-state index contributed by atoms with van der Waals surface area (Å²) in [5.74, 6) is -3.61. The van der Waals surface area contributed by atoms with E-state index in [1.807, 2.05) is 6.92 Å². The van der Waals surface area contributed by atoms with Crippen LogP contribution in [0.25, 0.3) is 0 Å². The molecule has 0 radical (unpaired) electrons. The van der Waals surface area contributed by atoms with E-state index in [1.165, 1.54) is 25.7 Å². The first-order valence-electron chi connectivity index (χ1n) is 10.1. The van der Waals surface area contributed by atoms with E-state index in [0.29, 0.717) is 12.8 Å². The molecule has 148 valence electrons. The van der Waals surface area contributed by atoms with Crippen LogP contribution in [0, 0.1) is 5.92 Å². The van der Waals surface area contributed by atoms with Gasteiger partial charge in [0, 0.05) is 0 Å². The third-order valence-corrected chi connectivity index (χ3v) is 4.72. The van der Waals surface area contributed by atoms with E-state index in [-0.39, 0.29) is 12.8 Å². The van der Waals surface area contributed by atoms with Gasteiger partial charge < -0.3 is 15.3 Å². The first kappa shape index (κ1) is 24.1. The Morgan fingerprint density at radius 2 is 1.16 bits per heavy atom. The van der Waals surface area contributed by atoms with E-state index in [2.05, 4.69) is 6.92 Å². The number of carbonyl (C=O) groups excluding carboxylic acids is 1. The molecule has 0 spiro atoms. The molecule has 25 heavy (non-hydrogen) atoms. The number of Topliss-reactive ketones (excluding diaryl/α,β-unsaturated/α-hetero) is 1. The summed E-state index contributed by atoms with van der Waals surface area (Å²) in [7, 11) is 0. The number of unbranched alkanes of at least 4 members (excludes halogenated alkanes) is 9. The molecule has 3 N–H and O–H groups in total. The molecule has 3 unspecified atom stereocenters. The number of carboxylic acids is 1. The molecule has 0 fully saturated rings. The number of ketones is 1. The Labute approximate surface area is 152 Å². The van der Waals surface area contributed by atoms with Gasteiger partial charge in [0.15, 0.2) is 5.78 Å². The quantitative estimate of drug-likeness (QED) is 0.269. The van der Waals surface area contributed by atoms with Gasteiger partial charge in [0.2, 0.25) is 0 Å². The second kappa shape index (κ2) is 15.3. The highest BCUT2D eigenvalue weighted by atomic mass is 16.4. The molecule has 0 aromatic heterocycles. The molecule has 5 heteroatoms. The summed E-state index contributed by atoms with van der Waals surface area (Å²) in [4.78, 5) is 23.5. The Hall–Kier alpha value is -0.940. The van der Waals surface area contributed by atoms with Crippen molar-refractivity contribution in [1.29, 1.82) is 0 Å². The first-order valence-corrected chi connectivity index (χ1v) is 10.1. The van der Waals surface area contributed by atoms with Crippen LogP contribution in [-0.2, 0) is 9.59 Å². The SMILES string of the molecule is CCCCCCCCCCC(O)C(=O)C(C(=O)O)C(O)CCCCC. The van der Waals surface area contributed by atoms with Crippen molar-refractivity contribution in [3.05, 3.63) is 0 Å². The van der Waals surface area contributed by atoms with Crippen molar-refractivity contribution < 1.29 is 24.9 Å². The van der Waals surface area contributed by atoms with E-state index in [0.717, 1.165) is 32.1 Å². The zero-order valence-corrected chi connectivity index (χ0v) is 16.1. The molecule has 0 aromatic carbocycles. The third-order valence-electron chi connectivity index (χ3n) is 4.72. The zero-order chi connectivity index (χ0) is 19.1. The Bertz CT molecular complexity index is 356. The van der Waals surface area contributed by atoms with Crippen molar-refractivity contribution in [2.24, 2.45) is 5.92 Å². The van der Waals surface area contributed by atoms with Crippen LogP contribution in [-0.4, -0.2) is 39.3 Å². The lowest BCUT2D eigenvalue weighted by atomic mass is 9.89. The van der Waals surface area contributed by atoms with Gasteiger partial charge in [0.25, 0.3) is 0 Å². The number of aliphatic carboxylic acids is 1. The van der Waals surface area contributed by atoms with Gasteiger partial charge in [-0.1, -0.05) is 84.5 Å². The van der Waals surface area contributed by atoms with Crippen LogP contribution in [0.2, 0.25) is 0 Å². The van der Waals surface area contributed by atoms with Gasteiger partial charge in [-0.3, -0.25) is 9.59 Å². The first-order chi connectivity index (χ1) is 12.0. The summed E-state index contributed by atoms with van der Waals surface area (Å²) in [6.45, 7) is 4.20. The van der Waals surface area contributed by atoms with E-state index < -0.39 is 29.9 Å². The summed E-state index contributed by atoms with van der Waals surface area (Å²) in [5.41, 5.74) is 0. The predicted molar refractivity (Wildman–Crippen MR) is 99.5 cm³/mol. The maximum Gasteiger partial charge on any atom is 0.316 e. The summed E-state index contributed by atoms with van der Waals surface area (Å²) < 4.78 is 0. The van der Waals surface area contributed by atoms with Gasteiger partial charge in [-0.05, 0) is 12.8 Å². The Kier molecular flexibility index (Phi) is 14.7. The standard InChI is InChI=1S/C20H38O5/c1-3-5-7-8-9-10-11-13-15-17(22)19(23)18(20(24)25)16(21)14-12-6-4-2/h16-18,21-22H,3-15H2,1-2H3,(H,24,25). The predicted octanol–water partition coefficient (Wildman–Crippen LogP) is 4.09. The van der Waals surface area contributed by atoms with Crippen LogP contribution in [0.1, 0.15) is 97.3 Å². The minimum Gasteiger partial charge on any atom is -0.481 e. The Morgan fingerprint density at radius 1 is 0.720 bits per heavy atom. The normalized spacial score (nSPS) is 14.9. The highest BCUT2D eigenvalue weighted by molar-refractivity contribution is 6.01. The fourth-order valence-electron chi connectivity index (χ4n) is 3.07. The molecule has 0 aliphatic rings. The lowest BCUT2D eigenvalue weighted by Gasteiger charge is -2.20. The van der Waals surface area contributed by atoms with Crippen molar-refractivity contribution in [2.75, 3.05) is 0 Å². The topological polar surface area (TPSA) is 94.8 Å². The second-order valence-corrected chi connectivity index (χ2v) is 7.06. The number of carbonyl (C=O) groups is 2. The number of rotatable bonds is 17. The number of carboxylic acid groups (broad SMARTS) is 1. The number of hydrogen-bond acceptors (Lipinski definition) is 4. The molecule has 0 heterocycles. The van der Waals surface area contributed by atoms with E-state index in [1.54, 1.807) is 0 Å². The average Bonchev–Trinajstić information content (AvgIpc) is 2.57. The minimum absolute atomic E-state index is 0.277. The Balaban J connectivity index is 4.13. The minimum atomic E-state index is -1.51. The van der Waals surface area contributed by atoms with Crippen LogP contribution in [0.5, 0.6) is 0 Å². The van der Waals surface area contributed by atoms with E-state index in [9.17, 15) is 24.9 Å². The summed E-state index contributed by atoms with van der Waals surface area (Å²) in [6.07, 6.45) is 9.44. The fourth-order valence-corrected chi connectivity index (χ4v) is 3.07. The van der Waals surface area contributed by atoms with Crippen LogP contribution < -0.4 is 0 Å². The van der Waals surface area contributed by atoms with Crippen molar-refractivity contribution >= 4 is 11.8 Å². The van der Waals surface area contributed by atoms with Crippen LogP contribution >= 0.6 is 0 Å². The highest BCUT2D eigenvalue weighted by Crippen LogP contribution is 2.18. The molecule has 0 saturated heterocycles. The van der Waals surface area contributed by atoms with Crippen molar-refractivity contribution in [1.82, 2.24) is 0 Å². The largest absolute Gasteiger partial charge is 0.481 e. The lowest BCUT2D eigenvalue weighted by molar-refractivity contribution is -0.154. The molecule has 3 atom stereocenters. The van der Waals surface area contributed by atoms with Crippen molar-refractivity contribution in [3.63, 3.8) is 0 Å². The van der Waals surface area contributed by atoms with Crippen molar-refractivity contribution in [2.45, 2.75) is 110 Å². The van der Waals surface area contributed by atoms with Crippen LogP contribution in [0.15, 0.2) is 0 Å². The van der Waals surface area contributed by atoms with Gasteiger partial charge in [-0.25, -0.2) is 0 Å². The van der Waals surface area contributed by atoms with Crippen LogP contribution in [0.3, 0.4) is 0 Å². The van der Waals surface area contributed by atoms with E-state index in [4.69, 9.17) is 0 Å². The molecule has 0 rings (SSSR count). The Morgan fingerprint density at radius 3 is 1.68 bits per heavy atom. The smallest absolute Gasteiger partial charge is 0.316 e. The van der Waals surface area contributed by atoms with Gasteiger partial charge in [-0.2, -0.15) is 0 Å². The summed E-state index contributed by atoms with van der Waals surface area (Å²) >= 11 is 0. The number of aliphatic hydroxyl groups excluding tert-OH is 2. The average molecular weight is 359 g/mol. The molecule has 0 bridgehead atoms. The third kappa shape index (κ3) is 11.3. The molecule has 5 nitrogen and oxygen atoms in total. The maximum atomic E-state index is 12.2. The van der Waals surface area contributed by atoms with Gasteiger partial charge in [0.05, 0.1) is 6.10 Å². The van der Waals surface area contributed by atoms with Gasteiger partial charge in [-0.15, -0.1) is 0 Å². The molecular weight excluding hydrogens is 320 g/mol. The number of hydrogen-bond donors (Lipinski definition) is 3. The highest BCUT2D eigenvalue weighted by Gasteiger charge is 2.36. The zero-order valence-electron chi connectivity index (χ0n) is 16.1.